The standard InChI is InChI=1S/C24H30N4S/c1-15(2)28-22(21(26-23(28)29)19-9-7-8-12-25-19)17-10-11-20-18(13-17)16(3)14-24(4,5)27(20)6/h7-15,21-22H,1-6H3,(H,26,29)/t21-,22-/m1/s1. The van der Waals surface area contributed by atoms with E-state index in [1.165, 1.54) is 22.4 Å². The number of anilines is 1. The summed E-state index contributed by atoms with van der Waals surface area (Å²) in [6, 6.07) is 13.4. The molecule has 2 aliphatic heterocycles. The van der Waals surface area contributed by atoms with Crippen LogP contribution in [0.15, 0.2) is 48.7 Å². The van der Waals surface area contributed by atoms with Gasteiger partial charge in [0.2, 0.25) is 0 Å². The van der Waals surface area contributed by atoms with Gasteiger partial charge in [-0.1, -0.05) is 18.2 Å². The van der Waals surface area contributed by atoms with E-state index in [1.807, 2.05) is 18.3 Å². The SMILES string of the molecule is CC1=CC(C)(C)N(C)c2ccc([C@@H]3[C@@H](c4ccccn4)NC(=S)N3C(C)C)cc21. The van der Waals surface area contributed by atoms with Gasteiger partial charge in [-0.25, -0.2) is 0 Å². The van der Waals surface area contributed by atoms with Gasteiger partial charge in [0.15, 0.2) is 5.11 Å². The van der Waals surface area contributed by atoms with Crippen molar-refractivity contribution >= 4 is 28.6 Å². The third-order valence-corrected chi connectivity index (χ3v) is 6.60. The zero-order valence-electron chi connectivity index (χ0n) is 18.1. The van der Waals surface area contributed by atoms with Gasteiger partial charge in [0, 0.05) is 30.5 Å². The number of allylic oxidation sites excluding steroid dienone is 1. The van der Waals surface area contributed by atoms with Crippen molar-refractivity contribution in [1.82, 2.24) is 15.2 Å². The van der Waals surface area contributed by atoms with Crippen LogP contribution in [-0.2, 0) is 0 Å². The molecule has 5 heteroatoms. The fourth-order valence-corrected chi connectivity index (χ4v) is 5.09. The normalized spacial score (nSPS) is 23.1. The lowest BCUT2D eigenvalue weighted by atomic mass is 9.86. The Morgan fingerprint density at radius 1 is 1.17 bits per heavy atom. The molecule has 4 nitrogen and oxygen atoms in total. The van der Waals surface area contributed by atoms with Gasteiger partial charge in [0.1, 0.15) is 0 Å². The maximum atomic E-state index is 5.73. The van der Waals surface area contributed by atoms with E-state index in [9.17, 15) is 0 Å². The van der Waals surface area contributed by atoms with Gasteiger partial charge in [-0.2, -0.15) is 0 Å². The first kappa shape index (κ1) is 19.9. The molecular formula is C24H30N4S. The summed E-state index contributed by atoms with van der Waals surface area (Å²) in [4.78, 5) is 9.30. The van der Waals surface area contributed by atoms with Gasteiger partial charge in [-0.3, -0.25) is 4.98 Å². The van der Waals surface area contributed by atoms with Crippen molar-refractivity contribution in [2.75, 3.05) is 11.9 Å². The van der Waals surface area contributed by atoms with Crippen molar-refractivity contribution in [3.05, 3.63) is 65.5 Å². The lowest BCUT2D eigenvalue weighted by molar-refractivity contribution is 0.269. The van der Waals surface area contributed by atoms with Crippen molar-refractivity contribution in [2.45, 2.75) is 58.3 Å². The number of likely N-dealkylation sites (N-methyl/N-ethyl adjacent to an activating group) is 1. The number of nitrogens with zero attached hydrogens (tertiary/aromatic N) is 3. The Balaban J connectivity index is 1.83. The van der Waals surface area contributed by atoms with E-state index in [-0.39, 0.29) is 17.6 Å². The number of hydrogen-bond donors (Lipinski definition) is 1. The minimum absolute atomic E-state index is 0.00947. The van der Waals surface area contributed by atoms with E-state index in [1.54, 1.807) is 0 Å². The second-order valence-corrected chi connectivity index (χ2v) is 9.33. The van der Waals surface area contributed by atoms with Gasteiger partial charge in [0.25, 0.3) is 0 Å². The Bertz CT molecular complexity index is 964. The summed E-state index contributed by atoms with van der Waals surface area (Å²) in [5.74, 6) is 0. The van der Waals surface area contributed by atoms with Crippen molar-refractivity contribution in [3.63, 3.8) is 0 Å². The molecule has 3 heterocycles. The average molecular weight is 407 g/mol. The van der Waals surface area contributed by atoms with Crippen LogP contribution in [0, 0.1) is 0 Å². The molecule has 1 aromatic heterocycles. The Hall–Kier alpha value is -2.40. The van der Waals surface area contributed by atoms with Crippen molar-refractivity contribution in [3.8, 4) is 0 Å². The summed E-state index contributed by atoms with van der Waals surface area (Å²) < 4.78 is 0. The fraction of sp³-hybridized carbons (Fsp3) is 0.417. The first-order valence-electron chi connectivity index (χ1n) is 10.3. The number of rotatable bonds is 3. The molecule has 1 N–H and O–H groups in total. The number of thiocarbonyl (C=S) groups is 1. The molecule has 2 aliphatic rings. The molecule has 29 heavy (non-hydrogen) atoms. The molecule has 0 aliphatic carbocycles. The lowest BCUT2D eigenvalue weighted by Gasteiger charge is -2.41. The number of aromatic nitrogens is 1. The number of benzene rings is 1. The predicted molar refractivity (Wildman–Crippen MR) is 125 cm³/mol. The highest BCUT2D eigenvalue weighted by atomic mass is 32.1. The molecule has 0 radical (unpaired) electrons. The monoisotopic (exact) mass is 406 g/mol. The maximum Gasteiger partial charge on any atom is 0.170 e. The van der Waals surface area contributed by atoms with Gasteiger partial charge < -0.3 is 15.1 Å². The molecule has 2 aromatic rings. The maximum absolute atomic E-state index is 5.73. The first-order valence-corrected chi connectivity index (χ1v) is 10.7. The van der Waals surface area contributed by atoms with E-state index in [0.29, 0.717) is 6.04 Å². The molecule has 1 fully saturated rings. The highest BCUT2D eigenvalue weighted by Crippen LogP contribution is 2.44. The van der Waals surface area contributed by atoms with Gasteiger partial charge >= 0.3 is 0 Å². The van der Waals surface area contributed by atoms with Crippen LogP contribution in [0.4, 0.5) is 5.69 Å². The van der Waals surface area contributed by atoms with Crippen molar-refractivity contribution < 1.29 is 0 Å². The molecule has 1 aromatic carbocycles. The Morgan fingerprint density at radius 2 is 1.93 bits per heavy atom. The van der Waals surface area contributed by atoms with Crippen LogP contribution in [0.5, 0.6) is 0 Å². The van der Waals surface area contributed by atoms with Crippen LogP contribution in [0.3, 0.4) is 0 Å². The molecule has 0 unspecified atom stereocenters. The topological polar surface area (TPSA) is 31.4 Å². The van der Waals surface area contributed by atoms with Crippen molar-refractivity contribution in [1.29, 1.82) is 0 Å². The van der Waals surface area contributed by atoms with Crippen LogP contribution >= 0.6 is 12.2 Å². The van der Waals surface area contributed by atoms with Crippen LogP contribution in [0.2, 0.25) is 0 Å². The quantitative estimate of drug-likeness (QED) is 0.717. The minimum atomic E-state index is 0.00947. The third kappa shape index (κ3) is 3.31. The number of pyridine rings is 1. The van der Waals surface area contributed by atoms with E-state index in [0.717, 1.165) is 10.8 Å². The third-order valence-electron chi connectivity index (χ3n) is 6.27. The summed E-state index contributed by atoms with van der Waals surface area (Å²) >= 11 is 5.73. The summed E-state index contributed by atoms with van der Waals surface area (Å²) in [6.07, 6.45) is 4.21. The Kier molecular flexibility index (Phi) is 4.89. The molecule has 0 spiro atoms. The Morgan fingerprint density at radius 3 is 2.59 bits per heavy atom. The van der Waals surface area contributed by atoms with Gasteiger partial charge in [-0.15, -0.1) is 0 Å². The van der Waals surface area contributed by atoms with E-state index in [4.69, 9.17) is 12.2 Å². The number of hydrogen-bond acceptors (Lipinski definition) is 3. The molecule has 0 saturated carbocycles. The molecule has 0 bridgehead atoms. The number of nitrogens with one attached hydrogen (secondary N) is 1. The van der Waals surface area contributed by atoms with Crippen molar-refractivity contribution in [2.24, 2.45) is 0 Å². The minimum Gasteiger partial charge on any atom is -0.366 e. The largest absolute Gasteiger partial charge is 0.366 e. The van der Waals surface area contributed by atoms with E-state index < -0.39 is 0 Å². The molecule has 0 amide bonds. The Labute approximate surface area is 179 Å². The summed E-state index contributed by atoms with van der Waals surface area (Å²) in [7, 11) is 2.17. The summed E-state index contributed by atoms with van der Waals surface area (Å²) in [5, 5.41) is 4.33. The molecular weight excluding hydrogens is 376 g/mol. The highest BCUT2D eigenvalue weighted by Gasteiger charge is 2.41. The molecule has 152 valence electrons. The zero-order valence-corrected chi connectivity index (χ0v) is 18.9. The average Bonchev–Trinajstić information content (AvgIpc) is 3.04. The fourth-order valence-electron chi connectivity index (χ4n) is 4.64. The van der Waals surface area contributed by atoms with Crippen LogP contribution in [0.25, 0.3) is 5.57 Å². The van der Waals surface area contributed by atoms with E-state index in [2.05, 4.69) is 92.1 Å². The summed E-state index contributed by atoms with van der Waals surface area (Å²) in [5.41, 5.74) is 6.19. The highest BCUT2D eigenvalue weighted by molar-refractivity contribution is 7.80. The summed E-state index contributed by atoms with van der Waals surface area (Å²) in [6.45, 7) is 11.1. The number of fused-ring (bicyclic) bond motifs is 1. The van der Waals surface area contributed by atoms with Crippen LogP contribution in [0.1, 0.15) is 63.5 Å². The van der Waals surface area contributed by atoms with Gasteiger partial charge in [0.05, 0.1) is 23.3 Å². The second kappa shape index (κ2) is 7.13. The van der Waals surface area contributed by atoms with E-state index >= 15 is 0 Å². The second-order valence-electron chi connectivity index (χ2n) is 8.94. The smallest absolute Gasteiger partial charge is 0.170 e. The van der Waals surface area contributed by atoms with Crippen LogP contribution in [-0.4, -0.2) is 33.6 Å². The lowest BCUT2D eigenvalue weighted by Crippen LogP contribution is -2.42. The van der Waals surface area contributed by atoms with Gasteiger partial charge in [-0.05, 0) is 82.2 Å². The van der Waals surface area contributed by atoms with Crippen LogP contribution < -0.4 is 10.2 Å². The molecule has 2 atom stereocenters. The molecule has 1 saturated heterocycles. The zero-order chi connectivity index (χ0) is 20.9. The first-order chi connectivity index (χ1) is 13.7. The predicted octanol–water partition coefficient (Wildman–Crippen LogP) is 5.09. The molecule has 4 rings (SSSR count).